The molecule has 68 valence electrons. The van der Waals surface area contributed by atoms with E-state index in [2.05, 4.69) is 11.2 Å². The molecular weight excluding hydrogens is 152 g/mol. The lowest BCUT2D eigenvalue weighted by Gasteiger charge is -2.20. The van der Waals surface area contributed by atoms with E-state index in [1.807, 2.05) is 14.1 Å². The van der Waals surface area contributed by atoms with Gasteiger partial charge in [-0.3, -0.25) is 4.79 Å². The Bertz CT molecular complexity index is 201. The quantitative estimate of drug-likeness (QED) is 0.605. The van der Waals surface area contributed by atoms with Gasteiger partial charge in [-0.25, -0.2) is 0 Å². The van der Waals surface area contributed by atoms with Crippen LogP contribution in [0.1, 0.15) is 13.8 Å². The highest BCUT2D eigenvalue weighted by Gasteiger charge is 2.16. The number of hydrogen-bond donors (Lipinski definition) is 1. The number of nitrogens with zero attached hydrogens (tertiary/aromatic N) is 1. The van der Waals surface area contributed by atoms with Crippen molar-refractivity contribution in [3.05, 3.63) is 0 Å². The number of carbonyl (C=O) groups is 1. The molecule has 3 heteroatoms. The number of likely N-dealkylation sites (N-methyl/N-ethyl adjacent to an activating group) is 1. The zero-order valence-electron chi connectivity index (χ0n) is 8.14. The Labute approximate surface area is 74.1 Å². The number of terminal acetylenes is 1. The van der Waals surface area contributed by atoms with Crippen molar-refractivity contribution >= 4 is 5.91 Å². The second-order valence-electron chi connectivity index (χ2n) is 3.56. The van der Waals surface area contributed by atoms with E-state index in [9.17, 15) is 4.79 Å². The van der Waals surface area contributed by atoms with Crippen LogP contribution in [-0.2, 0) is 4.79 Å². The summed E-state index contributed by atoms with van der Waals surface area (Å²) in [6, 6.07) is 0. The molecule has 0 spiro atoms. The second-order valence-corrected chi connectivity index (χ2v) is 3.56. The van der Waals surface area contributed by atoms with Crippen LogP contribution in [0.15, 0.2) is 0 Å². The molecular formula is C9H16N2O. The maximum Gasteiger partial charge on any atom is 0.235 e. The molecule has 0 heterocycles. The molecule has 0 rings (SSSR count). The van der Waals surface area contributed by atoms with E-state index in [0.717, 1.165) is 0 Å². The Morgan fingerprint density at radius 1 is 1.58 bits per heavy atom. The summed E-state index contributed by atoms with van der Waals surface area (Å²) in [6.45, 7) is 3.95. The number of nitrogens with one attached hydrogen (secondary N) is 1. The van der Waals surface area contributed by atoms with Gasteiger partial charge < -0.3 is 10.2 Å². The van der Waals surface area contributed by atoms with Crippen LogP contribution in [0.3, 0.4) is 0 Å². The van der Waals surface area contributed by atoms with E-state index in [4.69, 9.17) is 6.42 Å². The van der Waals surface area contributed by atoms with Crippen LogP contribution in [0, 0.1) is 12.3 Å². The zero-order chi connectivity index (χ0) is 9.78. The van der Waals surface area contributed by atoms with Gasteiger partial charge in [0.25, 0.3) is 0 Å². The first-order chi connectivity index (χ1) is 5.37. The lowest BCUT2D eigenvalue weighted by molar-refractivity contribution is -0.122. The molecule has 1 N–H and O–H groups in total. The highest BCUT2D eigenvalue weighted by Crippen LogP contribution is 1.97. The van der Waals surface area contributed by atoms with Gasteiger partial charge in [0.15, 0.2) is 0 Å². The molecule has 0 atom stereocenters. The molecule has 0 aliphatic rings. The summed E-state index contributed by atoms with van der Waals surface area (Å²) in [5.41, 5.74) is -0.549. The number of hydrogen-bond acceptors (Lipinski definition) is 2. The van der Waals surface area contributed by atoms with Crippen LogP contribution < -0.4 is 5.32 Å². The molecule has 0 fully saturated rings. The Morgan fingerprint density at radius 3 is 2.42 bits per heavy atom. The standard InChI is InChI=1S/C9H16N2O/c1-6-9(2,3)10-8(12)7-11(4)5/h1H,7H2,2-5H3,(H,10,12). The first kappa shape index (κ1) is 11.0. The molecule has 0 unspecified atom stereocenters. The van der Waals surface area contributed by atoms with Crippen LogP contribution in [0.4, 0.5) is 0 Å². The molecule has 0 saturated carbocycles. The predicted molar refractivity (Wildman–Crippen MR) is 49.6 cm³/mol. The molecule has 0 aromatic heterocycles. The Kier molecular flexibility index (Phi) is 3.78. The van der Waals surface area contributed by atoms with Crippen molar-refractivity contribution in [1.29, 1.82) is 0 Å². The number of amides is 1. The summed E-state index contributed by atoms with van der Waals surface area (Å²) in [5, 5.41) is 2.72. The van der Waals surface area contributed by atoms with Gasteiger partial charge in [0.2, 0.25) is 5.91 Å². The third kappa shape index (κ3) is 4.75. The van der Waals surface area contributed by atoms with Crippen molar-refractivity contribution in [2.45, 2.75) is 19.4 Å². The fourth-order valence-corrected chi connectivity index (χ4v) is 0.711. The number of rotatable bonds is 3. The monoisotopic (exact) mass is 168 g/mol. The summed E-state index contributed by atoms with van der Waals surface area (Å²) >= 11 is 0. The summed E-state index contributed by atoms with van der Waals surface area (Å²) in [5.74, 6) is 2.44. The molecule has 0 aromatic rings. The van der Waals surface area contributed by atoms with Crippen LogP contribution in [0.5, 0.6) is 0 Å². The van der Waals surface area contributed by atoms with Gasteiger partial charge in [0.1, 0.15) is 0 Å². The SMILES string of the molecule is C#CC(C)(C)NC(=O)CN(C)C. The van der Waals surface area contributed by atoms with Crippen LogP contribution in [0.25, 0.3) is 0 Å². The normalized spacial score (nSPS) is 11.0. The molecule has 12 heavy (non-hydrogen) atoms. The molecule has 1 amide bonds. The predicted octanol–water partition coefficient (Wildman–Crippen LogP) is 0.0760. The van der Waals surface area contributed by atoms with Crippen molar-refractivity contribution < 1.29 is 4.79 Å². The smallest absolute Gasteiger partial charge is 0.235 e. The molecule has 3 nitrogen and oxygen atoms in total. The minimum absolute atomic E-state index is 0.0528. The highest BCUT2D eigenvalue weighted by molar-refractivity contribution is 5.79. The molecule has 0 aliphatic heterocycles. The summed E-state index contributed by atoms with van der Waals surface area (Å²) in [7, 11) is 3.67. The van der Waals surface area contributed by atoms with Gasteiger partial charge >= 0.3 is 0 Å². The third-order valence-electron chi connectivity index (χ3n) is 1.27. The van der Waals surface area contributed by atoms with Gasteiger partial charge in [-0.2, -0.15) is 0 Å². The molecule has 0 radical (unpaired) electrons. The topological polar surface area (TPSA) is 32.3 Å². The maximum absolute atomic E-state index is 11.2. The summed E-state index contributed by atoms with van der Waals surface area (Å²) in [6.07, 6.45) is 5.21. The Hall–Kier alpha value is -1.01. The minimum atomic E-state index is -0.549. The third-order valence-corrected chi connectivity index (χ3v) is 1.27. The largest absolute Gasteiger partial charge is 0.339 e. The Balaban J connectivity index is 3.95. The van der Waals surface area contributed by atoms with E-state index in [-0.39, 0.29) is 5.91 Å². The van der Waals surface area contributed by atoms with Crippen molar-refractivity contribution in [1.82, 2.24) is 10.2 Å². The van der Waals surface area contributed by atoms with Crippen LogP contribution in [-0.4, -0.2) is 37.0 Å². The summed E-state index contributed by atoms with van der Waals surface area (Å²) < 4.78 is 0. The van der Waals surface area contributed by atoms with Gasteiger partial charge in [-0.1, -0.05) is 5.92 Å². The van der Waals surface area contributed by atoms with Gasteiger partial charge in [-0.05, 0) is 27.9 Å². The van der Waals surface area contributed by atoms with Crippen molar-refractivity contribution in [3.8, 4) is 12.3 Å². The molecule has 0 aromatic carbocycles. The second kappa shape index (κ2) is 4.13. The fourth-order valence-electron chi connectivity index (χ4n) is 0.711. The van der Waals surface area contributed by atoms with Gasteiger partial charge in [0, 0.05) is 0 Å². The van der Waals surface area contributed by atoms with Gasteiger partial charge in [-0.15, -0.1) is 6.42 Å². The van der Waals surface area contributed by atoms with E-state index in [1.165, 1.54) is 0 Å². The first-order valence-electron chi connectivity index (χ1n) is 3.81. The lowest BCUT2D eigenvalue weighted by atomic mass is 10.1. The zero-order valence-corrected chi connectivity index (χ0v) is 8.14. The maximum atomic E-state index is 11.2. The van der Waals surface area contributed by atoms with E-state index in [0.29, 0.717) is 6.54 Å². The average molecular weight is 168 g/mol. The van der Waals surface area contributed by atoms with Gasteiger partial charge in [0.05, 0.1) is 12.1 Å². The van der Waals surface area contributed by atoms with Crippen LogP contribution >= 0.6 is 0 Å². The minimum Gasteiger partial charge on any atom is -0.339 e. The van der Waals surface area contributed by atoms with E-state index >= 15 is 0 Å². The Morgan fingerprint density at radius 2 is 2.08 bits per heavy atom. The molecule has 0 aliphatic carbocycles. The molecule has 0 saturated heterocycles. The fraction of sp³-hybridized carbons (Fsp3) is 0.667. The van der Waals surface area contributed by atoms with Crippen molar-refractivity contribution in [3.63, 3.8) is 0 Å². The van der Waals surface area contributed by atoms with E-state index in [1.54, 1.807) is 18.7 Å². The molecule has 0 bridgehead atoms. The van der Waals surface area contributed by atoms with E-state index < -0.39 is 5.54 Å². The average Bonchev–Trinajstić information content (AvgIpc) is 1.84. The lowest BCUT2D eigenvalue weighted by Crippen LogP contribution is -2.45. The van der Waals surface area contributed by atoms with Crippen molar-refractivity contribution in [2.24, 2.45) is 0 Å². The van der Waals surface area contributed by atoms with Crippen LogP contribution in [0.2, 0.25) is 0 Å². The van der Waals surface area contributed by atoms with Crippen molar-refractivity contribution in [2.75, 3.05) is 20.6 Å². The number of carbonyl (C=O) groups excluding carboxylic acids is 1. The highest BCUT2D eigenvalue weighted by atomic mass is 16.2. The first-order valence-corrected chi connectivity index (χ1v) is 3.81. The summed E-state index contributed by atoms with van der Waals surface area (Å²) in [4.78, 5) is 13.0.